The van der Waals surface area contributed by atoms with Crippen LogP contribution in [0.5, 0.6) is 0 Å². The van der Waals surface area contributed by atoms with Crippen molar-refractivity contribution in [1.29, 1.82) is 0 Å². The Hall–Kier alpha value is -2.12. The third-order valence-corrected chi connectivity index (χ3v) is 1.76. The van der Waals surface area contributed by atoms with Crippen LogP contribution in [-0.4, -0.2) is 41.4 Å². The highest BCUT2D eigenvalue weighted by atomic mass is 16.4. The number of carboxylic acid groups (broad SMARTS) is 1. The molecule has 0 aromatic heterocycles. The first kappa shape index (κ1) is 14.9. The van der Waals surface area contributed by atoms with Crippen molar-refractivity contribution in [3.8, 4) is 0 Å². The molecule has 0 saturated carbocycles. The van der Waals surface area contributed by atoms with Crippen molar-refractivity contribution >= 4 is 23.7 Å². The zero-order chi connectivity index (χ0) is 13.4. The molecule has 5 N–H and O–H groups in total. The summed E-state index contributed by atoms with van der Waals surface area (Å²) in [6.07, 6.45) is -0.538. The molecular weight excluding hydrogens is 230 g/mol. The van der Waals surface area contributed by atoms with Gasteiger partial charge in [0.2, 0.25) is 17.7 Å². The van der Waals surface area contributed by atoms with Crippen molar-refractivity contribution in [3.05, 3.63) is 0 Å². The fraction of sp³-hybridized carbons (Fsp3) is 0.556. The quantitative estimate of drug-likeness (QED) is 0.409. The van der Waals surface area contributed by atoms with Crippen LogP contribution in [0.3, 0.4) is 0 Å². The zero-order valence-electron chi connectivity index (χ0n) is 9.36. The van der Waals surface area contributed by atoms with E-state index < -0.39 is 30.2 Å². The molecule has 1 atom stereocenters. The Bertz CT molecular complexity index is 329. The van der Waals surface area contributed by atoms with Gasteiger partial charge in [0.1, 0.15) is 6.04 Å². The van der Waals surface area contributed by atoms with Crippen LogP contribution < -0.4 is 16.4 Å². The van der Waals surface area contributed by atoms with E-state index in [1.165, 1.54) is 6.92 Å². The molecule has 96 valence electrons. The summed E-state index contributed by atoms with van der Waals surface area (Å²) in [5.74, 6) is -3.02. The summed E-state index contributed by atoms with van der Waals surface area (Å²) in [5.41, 5.74) is 4.84. The van der Waals surface area contributed by atoms with Gasteiger partial charge in [0.15, 0.2) is 0 Å². The normalized spacial score (nSPS) is 11.4. The summed E-state index contributed by atoms with van der Waals surface area (Å²) < 4.78 is 0. The molecule has 8 nitrogen and oxygen atoms in total. The number of hydrogen-bond acceptors (Lipinski definition) is 4. The van der Waals surface area contributed by atoms with Gasteiger partial charge >= 0.3 is 5.97 Å². The van der Waals surface area contributed by atoms with E-state index in [2.05, 4.69) is 10.6 Å². The highest BCUT2D eigenvalue weighted by Gasteiger charge is 2.21. The first-order valence-electron chi connectivity index (χ1n) is 4.88. The summed E-state index contributed by atoms with van der Waals surface area (Å²) in [5, 5.41) is 13.2. The third kappa shape index (κ3) is 7.77. The van der Waals surface area contributed by atoms with Crippen LogP contribution >= 0.6 is 0 Å². The van der Waals surface area contributed by atoms with E-state index >= 15 is 0 Å². The summed E-state index contributed by atoms with van der Waals surface area (Å²) in [6, 6.07) is -1.34. The molecule has 0 aromatic carbocycles. The lowest BCUT2D eigenvalue weighted by atomic mass is 10.2. The Morgan fingerprint density at radius 3 is 2.29 bits per heavy atom. The fourth-order valence-electron chi connectivity index (χ4n) is 1.02. The van der Waals surface area contributed by atoms with E-state index in [1.54, 1.807) is 0 Å². The summed E-state index contributed by atoms with van der Waals surface area (Å²) >= 11 is 0. The molecular formula is C9H15N3O5. The Morgan fingerprint density at radius 2 is 1.88 bits per heavy atom. The van der Waals surface area contributed by atoms with Crippen molar-refractivity contribution in [2.24, 2.45) is 5.73 Å². The molecule has 0 rings (SSSR count). The van der Waals surface area contributed by atoms with Crippen LogP contribution in [0, 0.1) is 0 Å². The average Bonchev–Trinajstić information content (AvgIpc) is 2.15. The molecule has 0 radical (unpaired) electrons. The second-order valence-corrected chi connectivity index (χ2v) is 3.36. The van der Waals surface area contributed by atoms with E-state index in [-0.39, 0.29) is 18.9 Å². The molecule has 3 amide bonds. The van der Waals surface area contributed by atoms with Gasteiger partial charge in [0.25, 0.3) is 0 Å². The lowest BCUT2D eigenvalue weighted by Gasteiger charge is -2.12. The minimum absolute atomic E-state index is 0.0673. The molecule has 0 aliphatic heterocycles. The summed E-state index contributed by atoms with van der Waals surface area (Å²) in [7, 11) is 0. The second kappa shape index (κ2) is 7.20. The van der Waals surface area contributed by atoms with E-state index in [0.717, 1.165) is 0 Å². The van der Waals surface area contributed by atoms with Crippen LogP contribution in [-0.2, 0) is 19.2 Å². The van der Waals surface area contributed by atoms with Gasteiger partial charge in [-0.05, 0) is 0 Å². The monoisotopic (exact) mass is 245 g/mol. The number of primary amides is 1. The van der Waals surface area contributed by atoms with Crippen molar-refractivity contribution in [3.63, 3.8) is 0 Å². The average molecular weight is 245 g/mol. The predicted octanol–water partition coefficient (Wildman–Crippen LogP) is -2.04. The lowest BCUT2D eigenvalue weighted by Crippen LogP contribution is -2.44. The van der Waals surface area contributed by atoms with E-state index in [4.69, 9.17) is 10.8 Å². The van der Waals surface area contributed by atoms with Gasteiger partial charge in [0.05, 0.1) is 6.42 Å². The Balaban J connectivity index is 4.08. The molecule has 8 heteroatoms. The molecule has 1 unspecified atom stereocenters. The topological polar surface area (TPSA) is 139 Å². The first-order valence-corrected chi connectivity index (χ1v) is 4.88. The SMILES string of the molecule is CC(=O)NCCC(=O)NC(CC(N)=O)C(=O)O. The van der Waals surface area contributed by atoms with Crippen molar-refractivity contribution in [2.75, 3.05) is 6.54 Å². The van der Waals surface area contributed by atoms with Crippen LogP contribution in [0.25, 0.3) is 0 Å². The number of nitrogens with two attached hydrogens (primary N) is 1. The third-order valence-electron chi connectivity index (χ3n) is 1.76. The molecule has 0 aliphatic rings. The highest BCUT2D eigenvalue weighted by Crippen LogP contribution is 1.92. The van der Waals surface area contributed by atoms with E-state index in [0.29, 0.717) is 0 Å². The molecule has 0 heterocycles. The number of carboxylic acids is 1. The standard InChI is InChI=1S/C9H15N3O5/c1-5(13)11-3-2-8(15)12-6(9(16)17)4-7(10)14/h6H,2-4H2,1H3,(H2,10,14)(H,11,13)(H,12,15)(H,16,17). The maximum Gasteiger partial charge on any atom is 0.326 e. The molecule has 0 spiro atoms. The van der Waals surface area contributed by atoms with Gasteiger partial charge < -0.3 is 21.5 Å². The Labute approximate surface area is 97.5 Å². The smallest absolute Gasteiger partial charge is 0.326 e. The fourth-order valence-corrected chi connectivity index (χ4v) is 1.02. The molecule has 0 aliphatic carbocycles. The number of hydrogen-bond donors (Lipinski definition) is 4. The maximum atomic E-state index is 11.2. The van der Waals surface area contributed by atoms with Crippen LogP contribution in [0.15, 0.2) is 0 Å². The summed E-state index contributed by atoms with van der Waals surface area (Å²) in [4.78, 5) is 43.0. The van der Waals surface area contributed by atoms with Crippen molar-refractivity contribution in [1.82, 2.24) is 10.6 Å². The van der Waals surface area contributed by atoms with Gasteiger partial charge in [-0.25, -0.2) is 4.79 Å². The maximum absolute atomic E-state index is 11.2. The van der Waals surface area contributed by atoms with Crippen molar-refractivity contribution < 1.29 is 24.3 Å². The Kier molecular flexibility index (Phi) is 6.30. The number of aliphatic carboxylic acids is 1. The number of nitrogens with one attached hydrogen (secondary N) is 2. The number of rotatable bonds is 7. The molecule has 0 aromatic rings. The number of carbonyl (C=O) groups excluding carboxylic acids is 3. The summed E-state index contributed by atoms with van der Waals surface area (Å²) in [6.45, 7) is 1.40. The van der Waals surface area contributed by atoms with Gasteiger partial charge in [-0.1, -0.05) is 0 Å². The van der Waals surface area contributed by atoms with Gasteiger partial charge in [0, 0.05) is 19.9 Å². The predicted molar refractivity (Wildman–Crippen MR) is 56.7 cm³/mol. The minimum Gasteiger partial charge on any atom is -0.480 e. The minimum atomic E-state index is -1.34. The van der Waals surface area contributed by atoms with Crippen LogP contribution in [0.4, 0.5) is 0 Å². The lowest BCUT2D eigenvalue weighted by molar-refractivity contribution is -0.143. The van der Waals surface area contributed by atoms with E-state index in [9.17, 15) is 19.2 Å². The Morgan fingerprint density at radius 1 is 1.29 bits per heavy atom. The van der Waals surface area contributed by atoms with Crippen LogP contribution in [0.1, 0.15) is 19.8 Å². The number of carbonyl (C=O) groups is 4. The highest BCUT2D eigenvalue weighted by molar-refractivity contribution is 5.88. The van der Waals surface area contributed by atoms with Gasteiger partial charge in [-0.15, -0.1) is 0 Å². The van der Waals surface area contributed by atoms with Gasteiger partial charge in [-0.2, -0.15) is 0 Å². The van der Waals surface area contributed by atoms with E-state index in [1.807, 2.05) is 0 Å². The first-order chi connectivity index (χ1) is 7.82. The zero-order valence-corrected chi connectivity index (χ0v) is 9.36. The molecule has 0 bridgehead atoms. The second-order valence-electron chi connectivity index (χ2n) is 3.36. The molecule has 0 saturated heterocycles. The van der Waals surface area contributed by atoms with Gasteiger partial charge in [-0.3, -0.25) is 14.4 Å². The molecule has 0 fully saturated rings. The largest absolute Gasteiger partial charge is 0.480 e. The van der Waals surface area contributed by atoms with Crippen molar-refractivity contribution in [2.45, 2.75) is 25.8 Å². The van der Waals surface area contributed by atoms with Crippen LogP contribution in [0.2, 0.25) is 0 Å². The number of amides is 3. The molecule has 17 heavy (non-hydrogen) atoms.